The number of aromatic nitrogens is 4. The summed E-state index contributed by atoms with van der Waals surface area (Å²) in [6.45, 7) is 1.80. The van der Waals surface area contributed by atoms with Gasteiger partial charge in [-0.2, -0.15) is 10.2 Å². The molecular weight excluding hydrogens is 358 g/mol. The van der Waals surface area contributed by atoms with Crippen molar-refractivity contribution in [3.05, 3.63) is 65.2 Å². The van der Waals surface area contributed by atoms with Crippen LogP contribution >= 0.6 is 0 Å². The molecule has 146 valence electrons. The van der Waals surface area contributed by atoms with Crippen LogP contribution in [0.25, 0.3) is 0 Å². The molecule has 1 aliphatic heterocycles. The highest BCUT2D eigenvalue weighted by molar-refractivity contribution is 5.78. The maximum absolute atomic E-state index is 12.8. The number of amides is 1. The van der Waals surface area contributed by atoms with Crippen LogP contribution in [-0.2, 0) is 31.4 Å². The minimum atomic E-state index is -0.858. The van der Waals surface area contributed by atoms with Crippen LogP contribution in [0.2, 0.25) is 0 Å². The third-order valence-corrected chi connectivity index (χ3v) is 5.07. The third kappa shape index (κ3) is 3.63. The van der Waals surface area contributed by atoms with E-state index in [1.54, 1.807) is 42.2 Å². The summed E-state index contributed by atoms with van der Waals surface area (Å²) < 4.78 is 3.50. The van der Waals surface area contributed by atoms with Gasteiger partial charge in [-0.15, -0.1) is 0 Å². The van der Waals surface area contributed by atoms with E-state index in [-0.39, 0.29) is 18.1 Å². The van der Waals surface area contributed by atoms with Crippen LogP contribution in [0.1, 0.15) is 35.2 Å². The summed E-state index contributed by atoms with van der Waals surface area (Å²) in [6, 6.07) is 10.4. The summed E-state index contributed by atoms with van der Waals surface area (Å²) in [4.78, 5) is 14.6. The molecular formula is C20H23N5O3. The lowest BCUT2D eigenvalue weighted by atomic mass is 10.1. The van der Waals surface area contributed by atoms with E-state index in [4.69, 9.17) is 0 Å². The molecule has 2 N–H and O–H groups in total. The number of carbonyl (C=O) groups is 1. The lowest BCUT2D eigenvalue weighted by Crippen LogP contribution is -2.32. The Hall–Kier alpha value is -3.13. The Kier molecular flexibility index (Phi) is 4.87. The molecule has 3 heterocycles. The fourth-order valence-electron chi connectivity index (χ4n) is 3.59. The maximum Gasteiger partial charge on any atom is 0.227 e. The second kappa shape index (κ2) is 7.47. The number of nitrogens with zero attached hydrogens (tertiary/aromatic N) is 5. The fourth-order valence-corrected chi connectivity index (χ4v) is 3.59. The highest BCUT2D eigenvalue weighted by atomic mass is 16.3. The average Bonchev–Trinajstić information content (AvgIpc) is 3.21. The van der Waals surface area contributed by atoms with Gasteiger partial charge >= 0.3 is 0 Å². The molecule has 0 bridgehead atoms. The smallest absolute Gasteiger partial charge is 0.227 e. The first kappa shape index (κ1) is 18.2. The van der Waals surface area contributed by atoms with Crippen molar-refractivity contribution in [2.45, 2.75) is 32.0 Å². The zero-order valence-electron chi connectivity index (χ0n) is 15.7. The number of aromatic hydroxyl groups is 1. The molecule has 28 heavy (non-hydrogen) atoms. The molecule has 8 heteroatoms. The first-order valence-corrected chi connectivity index (χ1v) is 9.29. The number of aryl methyl sites for hydroxylation is 2. The number of rotatable bonds is 4. The van der Waals surface area contributed by atoms with Crippen molar-refractivity contribution in [3.63, 3.8) is 0 Å². The quantitative estimate of drug-likeness (QED) is 0.712. The molecule has 0 aliphatic carbocycles. The second-order valence-corrected chi connectivity index (χ2v) is 7.08. The number of phenolic OH excluding ortho intramolecular Hbond substituents is 1. The molecule has 1 atom stereocenters. The summed E-state index contributed by atoms with van der Waals surface area (Å²) in [5.74, 6) is 0.169. The Balaban J connectivity index is 1.51. The molecule has 4 rings (SSSR count). The maximum atomic E-state index is 12.8. The molecule has 1 aromatic carbocycles. The highest BCUT2D eigenvalue weighted by Gasteiger charge is 2.24. The number of carbonyl (C=O) groups excluding carboxylic acids is 1. The van der Waals surface area contributed by atoms with Gasteiger partial charge in [0.15, 0.2) is 0 Å². The minimum Gasteiger partial charge on any atom is -0.508 e. The number of aliphatic hydroxyl groups is 1. The standard InChI is InChI=1S/C20H23N5O3/c1-23-18(6-7-21-23)20(28)17-12-15-13-24(8-3-9-25(15)22-17)19(27)11-14-4-2-5-16(26)10-14/h2,4-7,10,12,20,26,28H,3,8-9,11,13H2,1H3/t20-/m0/s1. The highest BCUT2D eigenvalue weighted by Crippen LogP contribution is 2.23. The summed E-state index contributed by atoms with van der Waals surface area (Å²) in [6.07, 6.45) is 1.82. The van der Waals surface area contributed by atoms with Crippen LogP contribution in [-0.4, -0.2) is 47.1 Å². The monoisotopic (exact) mass is 381 g/mol. The molecule has 3 aromatic rings. The summed E-state index contributed by atoms with van der Waals surface area (Å²) >= 11 is 0. The van der Waals surface area contributed by atoms with Gasteiger partial charge in [-0.05, 0) is 36.2 Å². The Morgan fingerprint density at radius 2 is 2.11 bits per heavy atom. The molecule has 8 nitrogen and oxygen atoms in total. The van der Waals surface area contributed by atoms with Crippen LogP contribution in [0, 0.1) is 0 Å². The molecule has 0 unspecified atom stereocenters. The molecule has 0 fully saturated rings. The largest absolute Gasteiger partial charge is 0.508 e. The topological polar surface area (TPSA) is 96.4 Å². The van der Waals surface area contributed by atoms with Gasteiger partial charge in [0.2, 0.25) is 5.91 Å². The first-order chi connectivity index (χ1) is 13.5. The van der Waals surface area contributed by atoms with Crippen molar-refractivity contribution in [1.29, 1.82) is 0 Å². The number of phenols is 1. The Morgan fingerprint density at radius 3 is 2.86 bits per heavy atom. The lowest BCUT2D eigenvalue weighted by molar-refractivity contribution is -0.131. The van der Waals surface area contributed by atoms with Crippen LogP contribution in [0.3, 0.4) is 0 Å². The summed E-state index contributed by atoms with van der Waals surface area (Å²) in [5, 5.41) is 28.9. The van der Waals surface area contributed by atoms with E-state index >= 15 is 0 Å². The van der Waals surface area contributed by atoms with Crippen molar-refractivity contribution >= 4 is 5.91 Å². The fraction of sp³-hybridized carbons (Fsp3) is 0.350. The molecule has 1 amide bonds. The van der Waals surface area contributed by atoms with Crippen molar-refractivity contribution in [1.82, 2.24) is 24.5 Å². The molecule has 0 saturated heterocycles. The van der Waals surface area contributed by atoms with Crippen LogP contribution in [0.5, 0.6) is 5.75 Å². The van der Waals surface area contributed by atoms with Gasteiger partial charge in [-0.25, -0.2) is 0 Å². The SMILES string of the molecule is Cn1nccc1[C@@H](O)c1cc2n(n1)CCCN(C(=O)Cc1cccc(O)c1)C2. The van der Waals surface area contributed by atoms with E-state index in [0.717, 1.165) is 17.7 Å². The van der Waals surface area contributed by atoms with Crippen molar-refractivity contribution in [3.8, 4) is 5.75 Å². The van der Waals surface area contributed by atoms with Crippen molar-refractivity contribution in [2.75, 3.05) is 6.54 Å². The van der Waals surface area contributed by atoms with E-state index in [1.807, 2.05) is 21.7 Å². The summed E-state index contributed by atoms with van der Waals surface area (Å²) in [7, 11) is 1.78. The molecule has 0 spiro atoms. The Labute approximate surface area is 162 Å². The van der Waals surface area contributed by atoms with Gasteiger partial charge in [-0.1, -0.05) is 12.1 Å². The Bertz CT molecular complexity index is 993. The second-order valence-electron chi connectivity index (χ2n) is 7.08. The lowest BCUT2D eigenvalue weighted by Gasteiger charge is -2.20. The number of fused-ring (bicyclic) bond motifs is 1. The van der Waals surface area contributed by atoms with Gasteiger partial charge < -0.3 is 15.1 Å². The van der Waals surface area contributed by atoms with E-state index in [1.165, 1.54) is 0 Å². The first-order valence-electron chi connectivity index (χ1n) is 9.29. The molecule has 1 aliphatic rings. The summed E-state index contributed by atoms with van der Waals surface area (Å²) in [5.41, 5.74) is 2.92. The Morgan fingerprint density at radius 1 is 1.25 bits per heavy atom. The third-order valence-electron chi connectivity index (χ3n) is 5.07. The minimum absolute atomic E-state index is 0.00832. The molecule has 2 aromatic heterocycles. The van der Waals surface area contributed by atoms with Gasteiger partial charge in [-0.3, -0.25) is 14.2 Å². The molecule has 0 saturated carbocycles. The molecule has 0 radical (unpaired) electrons. The number of hydrogen-bond donors (Lipinski definition) is 2. The number of aliphatic hydroxyl groups excluding tert-OH is 1. The van der Waals surface area contributed by atoms with E-state index in [9.17, 15) is 15.0 Å². The number of hydrogen-bond acceptors (Lipinski definition) is 5. The van der Waals surface area contributed by atoms with Gasteiger partial charge in [0.1, 0.15) is 11.9 Å². The van der Waals surface area contributed by atoms with E-state index in [2.05, 4.69) is 10.2 Å². The van der Waals surface area contributed by atoms with Gasteiger partial charge in [0.25, 0.3) is 0 Å². The number of benzene rings is 1. The normalized spacial score (nSPS) is 15.1. The van der Waals surface area contributed by atoms with Gasteiger partial charge in [0.05, 0.1) is 30.0 Å². The predicted octanol–water partition coefficient (Wildman–Crippen LogP) is 1.38. The van der Waals surface area contributed by atoms with Gasteiger partial charge in [0, 0.05) is 26.3 Å². The average molecular weight is 381 g/mol. The van der Waals surface area contributed by atoms with E-state index in [0.29, 0.717) is 31.0 Å². The van der Waals surface area contributed by atoms with Crippen LogP contribution < -0.4 is 0 Å². The predicted molar refractivity (Wildman–Crippen MR) is 101 cm³/mol. The van der Waals surface area contributed by atoms with E-state index < -0.39 is 6.10 Å². The van der Waals surface area contributed by atoms with Crippen molar-refractivity contribution in [2.24, 2.45) is 7.05 Å². The zero-order valence-corrected chi connectivity index (χ0v) is 15.7. The van der Waals surface area contributed by atoms with Crippen LogP contribution in [0.15, 0.2) is 42.6 Å². The van der Waals surface area contributed by atoms with Crippen LogP contribution in [0.4, 0.5) is 0 Å². The zero-order chi connectivity index (χ0) is 19.7. The van der Waals surface area contributed by atoms with Crippen molar-refractivity contribution < 1.29 is 15.0 Å².